The Labute approximate surface area is 176 Å². The molecule has 1 aliphatic heterocycles. The van der Waals surface area contributed by atoms with Crippen molar-refractivity contribution in [3.63, 3.8) is 0 Å². The van der Waals surface area contributed by atoms with Gasteiger partial charge in [0.2, 0.25) is 10.0 Å². The van der Waals surface area contributed by atoms with Gasteiger partial charge in [-0.15, -0.1) is 0 Å². The predicted octanol–water partition coefficient (Wildman–Crippen LogP) is 3.41. The molecule has 6 nitrogen and oxygen atoms in total. The molecule has 30 heavy (non-hydrogen) atoms. The number of anilines is 1. The highest BCUT2D eigenvalue weighted by Crippen LogP contribution is 2.25. The van der Waals surface area contributed by atoms with E-state index in [9.17, 15) is 12.8 Å². The summed E-state index contributed by atoms with van der Waals surface area (Å²) in [7, 11) is -3.53. The van der Waals surface area contributed by atoms with Crippen LogP contribution in [0.3, 0.4) is 0 Å². The normalized spacial score (nSPS) is 15.4. The first kappa shape index (κ1) is 20.4. The van der Waals surface area contributed by atoms with Crippen molar-refractivity contribution in [2.24, 2.45) is 0 Å². The Balaban J connectivity index is 1.49. The van der Waals surface area contributed by atoms with Gasteiger partial charge in [-0.3, -0.25) is 0 Å². The minimum absolute atomic E-state index is 0.297. The van der Waals surface area contributed by atoms with Gasteiger partial charge in [0.25, 0.3) is 0 Å². The topological polar surface area (TPSA) is 66.4 Å². The molecule has 1 fully saturated rings. The number of piperazine rings is 1. The minimum atomic E-state index is -3.53. The fourth-order valence-corrected chi connectivity index (χ4v) is 5.31. The van der Waals surface area contributed by atoms with Gasteiger partial charge in [0.1, 0.15) is 18.0 Å². The van der Waals surface area contributed by atoms with Crippen molar-refractivity contribution < 1.29 is 12.8 Å². The highest BCUT2D eigenvalue weighted by molar-refractivity contribution is 7.89. The molecule has 156 valence electrons. The van der Waals surface area contributed by atoms with Crippen LogP contribution in [0.2, 0.25) is 0 Å². The summed E-state index contributed by atoms with van der Waals surface area (Å²) in [5.74, 6) is 0.432. The van der Waals surface area contributed by atoms with Crippen LogP contribution in [-0.4, -0.2) is 48.9 Å². The number of aromatic nitrogens is 2. The zero-order valence-electron chi connectivity index (χ0n) is 16.9. The lowest BCUT2D eigenvalue weighted by molar-refractivity contribution is 0.383. The van der Waals surface area contributed by atoms with Gasteiger partial charge in [-0.2, -0.15) is 4.31 Å². The highest BCUT2D eigenvalue weighted by Gasteiger charge is 2.30. The third-order valence-electron chi connectivity index (χ3n) is 5.30. The fraction of sp³-hybridized carbons (Fsp3) is 0.273. The van der Waals surface area contributed by atoms with Gasteiger partial charge in [0.05, 0.1) is 10.6 Å². The molecule has 0 bridgehead atoms. The molecular weight excluding hydrogens is 403 g/mol. The van der Waals surface area contributed by atoms with E-state index in [0.29, 0.717) is 36.8 Å². The maximum Gasteiger partial charge on any atom is 0.243 e. The molecule has 1 aromatic heterocycles. The summed E-state index contributed by atoms with van der Waals surface area (Å²) in [6.45, 7) is 5.60. The van der Waals surface area contributed by atoms with Crippen LogP contribution in [-0.2, 0) is 10.0 Å². The van der Waals surface area contributed by atoms with E-state index in [1.807, 2.05) is 36.9 Å². The van der Waals surface area contributed by atoms with Crippen LogP contribution in [0.25, 0.3) is 11.3 Å². The average Bonchev–Trinajstić information content (AvgIpc) is 2.74. The van der Waals surface area contributed by atoms with E-state index < -0.39 is 10.0 Å². The lowest BCUT2D eigenvalue weighted by atomic mass is 10.1. The van der Waals surface area contributed by atoms with E-state index in [4.69, 9.17) is 0 Å². The summed E-state index contributed by atoms with van der Waals surface area (Å²) >= 11 is 0. The predicted molar refractivity (Wildman–Crippen MR) is 114 cm³/mol. The molecule has 2 aromatic carbocycles. The largest absolute Gasteiger partial charge is 0.354 e. The number of rotatable bonds is 4. The molecular formula is C22H23FN4O2S. The van der Waals surface area contributed by atoms with Crippen molar-refractivity contribution in [3.05, 3.63) is 71.8 Å². The lowest BCUT2D eigenvalue weighted by Crippen LogP contribution is -2.49. The standard InChI is InChI=1S/C22H23FN4O2S/c1-16-3-8-21(17(2)13-16)30(28,29)27-11-9-26(10-12-27)22-14-20(24-15-25-22)18-4-6-19(23)7-5-18/h3-8,13-15H,9-12H2,1-2H3. The number of aryl methyl sites for hydroxylation is 2. The maximum absolute atomic E-state index is 13.2. The van der Waals surface area contributed by atoms with Crippen LogP contribution >= 0.6 is 0 Å². The molecule has 0 atom stereocenters. The van der Waals surface area contributed by atoms with Crippen LogP contribution < -0.4 is 4.90 Å². The van der Waals surface area contributed by atoms with Crippen LogP contribution in [0.1, 0.15) is 11.1 Å². The summed E-state index contributed by atoms with van der Waals surface area (Å²) in [4.78, 5) is 11.0. The smallest absolute Gasteiger partial charge is 0.243 e. The molecule has 0 radical (unpaired) electrons. The quantitative estimate of drug-likeness (QED) is 0.640. The summed E-state index contributed by atoms with van der Waals surface area (Å²) < 4.78 is 40.9. The molecule has 0 saturated carbocycles. The Bertz CT molecular complexity index is 1160. The second-order valence-corrected chi connectivity index (χ2v) is 9.33. The maximum atomic E-state index is 13.2. The fourth-order valence-electron chi connectivity index (χ4n) is 3.68. The van der Waals surface area contributed by atoms with Gasteiger partial charge < -0.3 is 4.90 Å². The Morgan fingerprint density at radius 1 is 0.900 bits per heavy atom. The molecule has 2 heterocycles. The minimum Gasteiger partial charge on any atom is -0.354 e. The average molecular weight is 427 g/mol. The molecule has 0 N–H and O–H groups in total. The number of nitrogens with zero attached hydrogens (tertiary/aromatic N) is 4. The Hall–Kier alpha value is -2.84. The van der Waals surface area contributed by atoms with Gasteiger partial charge in [-0.05, 0) is 49.7 Å². The second kappa shape index (κ2) is 8.12. The Kier molecular flexibility index (Phi) is 5.53. The van der Waals surface area contributed by atoms with E-state index in [-0.39, 0.29) is 5.82 Å². The molecule has 0 aliphatic carbocycles. The monoisotopic (exact) mass is 426 g/mol. The molecule has 0 unspecified atom stereocenters. The van der Waals surface area contributed by atoms with Crippen molar-refractivity contribution in [3.8, 4) is 11.3 Å². The first-order chi connectivity index (χ1) is 14.3. The van der Waals surface area contributed by atoms with Gasteiger partial charge >= 0.3 is 0 Å². The van der Waals surface area contributed by atoms with Crippen LogP contribution in [0, 0.1) is 19.7 Å². The third-order valence-corrected chi connectivity index (χ3v) is 7.36. The van der Waals surface area contributed by atoms with Gasteiger partial charge in [0, 0.05) is 37.8 Å². The zero-order chi connectivity index (χ0) is 21.3. The SMILES string of the molecule is Cc1ccc(S(=O)(=O)N2CCN(c3cc(-c4ccc(F)cc4)ncn3)CC2)c(C)c1. The number of hydrogen-bond acceptors (Lipinski definition) is 5. The molecule has 0 amide bonds. The van der Waals surface area contributed by atoms with Crippen molar-refractivity contribution in [2.45, 2.75) is 18.7 Å². The Morgan fingerprint density at radius 2 is 1.60 bits per heavy atom. The van der Waals surface area contributed by atoms with E-state index in [0.717, 1.165) is 22.5 Å². The first-order valence-electron chi connectivity index (χ1n) is 9.75. The van der Waals surface area contributed by atoms with E-state index in [1.165, 1.54) is 22.8 Å². The highest BCUT2D eigenvalue weighted by atomic mass is 32.2. The molecule has 0 spiro atoms. The first-order valence-corrected chi connectivity index (χ1v) is 11.2. The van der Waals surface area contributed by atoms with E-state index >= 15 is 0 Å². The van der Waals surface area contributed by atoms with Gasteiger partial charge in [0.15, 0.2) is 0 Å². The summed E-state index contributed by atoms with van der Waals surface area (Å²) in [6, 6.07) is 13.4. The molecule has 8 heteroatoms. The summed E-state index contributed by atoms with van der Waals surface area (Å²) in [6.07, 6.45) is 1.48. The zero-order valence-corrected chi connectivity index (χ0v) is 17.7. The number of hydrogen-bond donors (Lipinski definition) is 0. The van der Waals surface area contributed by atoms with Crippen LogP contribution in [0.5, 0.6) is 0 Å². The molecule has 1 saturated heterocycles. The number of benzene rings is 2. The Morgan fingerprint density at radius 3 is 2.27 bits per heavy atom. The molecule has 4 rings (SSSR count). The van der Waals surface area contributed by atoms with E-state index in [2.05, 4.69) is 9.97 Å². The van der Waals surface area contributed by atoms with Crippen molar-refractivity contribution in [1.82, 2.24) is 14.3 Å². The summed E-state index contributed by atoms with van der Waals surface area (Å²) in [5.41, 5.74) is 3.30. The van der Waals surface area contributed by atoms with Crippen LogP contribution in [0.15, 0.2) is 59.8 Å². The van der Waals surface area contributed by atoms with Crippen molar-refractivity contribution >= 4 is 15.8 Å². The van der Waals surface area contributed by atoms with Crippen molar-refractivity contribution in [2.75, 3.05) is 31.1 Å². The number of sulfonamides is 1. The third kappa shape index (κ3) is 4.06. The number of halogens is 1. The van der Waals surface area contributed by atoms with E-state index in [1.54, 1.807) is 18.2 Å². The van der Waals surface area contributed by atoms with Gasteiger partial charge in [-0.25, -0.2) is 22.8 Å². The lowest BCUT2D eigenvalue weighted by Gasteiger charge is -2.35. The summed E-state index contributed by atoms with van der Waals surface area (Å²) in [5, 5.41) is 0. The molecule has 1 aliphatic rings. The van der Waals surface area contributed by atoms with Crippen molar-refractivity contribution in [1.29, 1.82) is 0 Å². The van der Waals surface area contributed by atoms with Crippen LogP contribution in [0.4, 0.5) is 10.2 Å². The van der Waals surface area contributed by atoms with Gasteiger partial charge in [-0.1, -0.05) is 17.7 Å². The molecule has 3 aromatic rings. The second-order valence-electron chi connectivity index (χ2n) is 7.43.